The van der Waals surface area contributed by atoms with Crippen LogP contribution in [0.4, 0.5) is 0 Å². The van der Waals surface area contributed by atoms with Gasteiger partial charge in [-0.05, 0) is 31.7 Å². The van der Waals surface area contributed by atoms with E-state index in [1.807, 2.05) is 0 Å². The summed E-state index contributed by atoms with van der Waals surface area (Å²) in [5, 5.41) is 60.0. The van der Waals surface area contributed by atoms with Crippen molar-refractivity contribution < 1.29 is 45.0 Å². The highest BCUT2D eigenvalue weighted by atomic mass is 16.4. The topological polar surface area (TPSA) is 176 Å². The zero-order valence-electron chi connectivity index (χ0n) is 17.7. The molecule has 6 unspecified atom stereocenters. The standard InChI is InChI=1S/C20H35NO9/c1-10(4-6-12(22)23)15-18(28)16(11(2)5-7-13(24)25)20(30)17(19(15)29)21(3)9-8-14(26)27/h10-11,15-20,28-30H,4-9H2,1-3H3,(H,22,23)(H,24,25)(H,26,27). The smallest absolute Gasteiger partial charge is 0.304 e. The summed E-state index contributed by atoms with van der Waals surface area (Å²) in [5.41, 5.74) is 0. The van der Waals surface area contributed by atoms with Crippen molar-refractivity contribution in [3.05, 3.63) is 0 Å². The van der Waals surface area contributed by atoms with E-state index < -0.39 is 54.1 Å². The van der Waals surface area contributed by atoms with Crippen molar-refractivity contribution in [3.8, 4) is 0 Å². The van der Waals surface area contributed by atoms with Gasteiger partial charge in [0.15, 0.2) is 0 Å². The Bertz CT molecular complexity index is 506. The first-order chi connectivity index (χ1) is 13.9. The molecule has 0 spiro atoms. The second-order valence-corrected chi connectivity index (χ2v) is 8.56. The van der Waals surface area contributed by atoms with Crippen molar-refractivity contribution in [2.75, 3.05) is 13.6 Å². The molecule has 1 aliphatic rings. The molecule has 1 aliphatic carbocycles. The van der Waals surface area contributed by atoms with Gasteiger partial charge < -0.3 is 30.6 Å². The molecule has 0 heterocycles. The Labute approximate surface area is 176 Å². The lowest BCUT2D eigenvalue weighted by Gasteiger charge is -2.52. The van der Waals surface area contributed by atoms with Gasteiger partial charge in [-0.1, -0.05) is 13.8 Å². The number of aliphatic hydroxyl groups is 3. The van der Waals surface area contributed by atoms with Crippen LogP contribution in [0.15, 0.2) is 0 Å². The van der Waals surface area contributed by atoms with E-state index in [0.29, 0.717) is 0 Å². The van der Waals surface area contributed by atoms with Crippen LogP contribution >= 0.6 is 0 Å². The van der Waals surface area contributed by atoms with E-state index in [4.69, 9.17) is 15.3 Å². The summed E-state index contributed by atoms with van der Waals surface area (Å²) >= 11 is 0. The third-order valence-electron chi connectivity index (χ3n) is 6.41. The maximum Gasteiger partial charge on any atom is 0.304 e. The summed E-state index contributed by atoms with van der Waals surface area (Å²) in [6, 6.07) is -0.873. The summed E-state index contributed by atoms with van der Waals surface area (Å²) < 4.78 is 0. The van der Waals surface area contributed by atoms with Gasteiger partial charge in [-0.3, -0.25) is 19.3 Å². The Morgan fingerprint density at radius 3 is 1.43 bits per heavy atom. The quantitative estimate of drug-likeness (QED) is 0.247. The molecule has 6 atom stereocenters. The van der Waals surface area contributed by atoms with Crippen LogP contribution in [-0.2, 0) is 14.4 Å². The lowest BCUT2D eigenvalue weighted by atomic mass is 9.63. The maximum atomic E-state index is 11.0. The van der Waals surface area contributed by atoms with E-state index in [2.05, 4.69) is 0 Å². The molecule has 30 heavy (non-hydrogen) atoms. The maximum absolute atomic E-state index is 11.0. The summed E-state index contributed by atoms with van der Waals surface area (Å²) in [5.74, 6) is -5.29. The van der Waals surface area contributed by atoms with Gasteiger partial charge in [0, 0.05) is 31.2 Å². The molecule has 0 aromatic heterocycles. The average Bonchev–Trinajstić information content (AvgIpc) is 2.62. The van der Waals surface area contributed by atoms with E-state index in [1.165, 1.54) is 0 Å². The first-order valence-corrected chi connectivity index (χ1v) is 10.3. The number of carboxylic acid groups (broad SMARTS) is 3. The summed E-state index contributed by atoms with van der Waals surface area (Å²) in [6.45, 7) is 3.52. The van der Waals surface area contributed by atoms with E-state index in [-0.39, 0.29) is 50.5 Å². The van der Waals surface area contributed by atoms with Gasteiger partial charge in [0.05, 0.1) is 30.8 Å². The minimum absolute atomic E-state index is 0.0661. The number of likely N-dealkylation sites (N-methyl/N-ethyl adjacent to an activating group) is 1. The van der Waals surface area contributed by atoms with E-state index in [0.717, 1.165) is 0 Å². The first kappa shape index (κ1) is 26.3. The van der Waals surface area contributed by atoms with Crippen LogP contribution in [0.5, 0.6) is 0 Å². The Morgan fingerprint density at radius 2 is 1.10 bits per heavy atom. The van der Waals surface area contributed by atoms with Gasteiger partial charge in [-0.25, -0.2) is 0 Å². The molecule has 10 nitrogen and oxygen atoms in total. The van der Waals surface area contributed by atoms with Crippen LogP contribution in [0.25, 0.3) is 0 Å². The Morgan fingerprint density at radius 1 is 0.733 bits per heavy atom. The lowest BCUT2D eigenvalue weighted by Crippen LogP contribution is -2.65. The molecule has 0 saturated heterocycles. The Kier molecular flexibility index (Phi) is 10.2. The number of aliphatic hydroxyl groups excluding tert-OH is 3. The Hall–Kier alpha value is -1.75. The van der Waals surface area contributed by atoms with Crippen molar-refractivity contribution in [1.29, 1.82) is 0 Å². The molecule has 6 N–H and O–H groups in total. The predicted octanol–water partition coefficient (Wildman–Crippen LogP) is 0.0920. The van der Waals surface area contributed by atoms with Crippen molar-refractivity contribution in [2.24, 2.45) is 23.7 Å². The van der Waals surface area contributed by atoms with Gasteiger partial charge in [0.1, 0.15) is 0 Å². The van der Waals surface area contributed by atoms with E-state index in [1.54, 1.807) is 25.8 Å². The highest BCUT2D eigenvalue weighted by Gasteiger charge is 2.53. The molecule has 0 radical (unpaired) electrons. The minimum Gasteiger partial charge on any atom is -0.481 e. The molecule has 1 fully saturated rings. The van der Waals surface area contributed by atoms with E-state index >= 15 is 0 Å². The average molecular weight is 433 g/mol. The molecule has 0 aromatic carbocycles. The zero-order chi connectivity index (χ0) is 23.2. The molecule has 174 valence electrons. The summed E-state index contributed by atoms with van der Waals surface area (Å²) in [4.78, 5) is 34.4. The molecule has 0 aromatic rings. The fraction of sp³-hybridized carbons (Fsp3) is 0.850. The predicted molar refractivity (Wildman–Crippen MR) is 106 cm³/mol. The molecular weight excluding hydrogens is 398 g/mol. The minimum atomic E-state index is -1.21. The molecule has 10 heteroatoms. The van der Waals surface area contributed by atoms with Gasteiger partial charge in [0.2, 0.25) is 0 Å². The van der Waals surface area contributed by atoms with Crippen LogP contribution in [0.1, 0.15) is 46.0 Å². The highest BCUT2D eigenvalue weighted by Crippen LogP contribution is 2.42. The Balaban J connectivity index is 3.18. The number of carboxylic acids is 3. The van der Waals surface area contributed by atoms with Crippen LogP contribution in [0.2, 0.25) is 0 Å². The summed E-state index contributed by atoms with van der Waals surface area (Å²) in [6.07, 6.45) is -3.63. The van der Waals surface area contributed by atoms with Crippen LogP contribution in [0, 0.1) is 23.7 Å². The third kappa shape index (κ3) is 6.90. The lowest BCUT2D eigenvalue weighted by molar-refractivity contribution is -0.183. The highest BCUT2D eigenvalue weighted by molar-refractivity contribution is 5.67. The van der Waals surface area contributed by atoms with Crippen molar-refractivity contribution in [1.82, 2.24) is 4.90 Å². The van der Waals surface area contributed by atoms with E-state index in [9.17, 15) is 29.7 Å². The van der Waals surface area contributed by atoms with Gasteiger partial charge >= 0.3 is 17.9 Å². The second-order valence-electron chi connectivity index (χ2n) is 8.56. The largest absolute Gasteiger partial charge is 0.481 e. The number of rotatable bonds is 12. The third-order valence-corrected chi connectivity index (χ3v) is 6.41. The van der Waals surface area contributed by atoms with Gasteiger partial charge in [0.25, 0.3) is 0 Å². The van der Waals surface area contributed by atoms with Crippen molar-refractivity contribution >= 4 is 17.9 Å². The van der Waals surface area contributed by atoms with Crippen LogP contribution in [0.3, 0.4) is 0 Å². The molecule has 0 aliphatic heterocycles. The number of nitrogens with zero attached hydrogens (tertiary/aromatic N) is 1. The number of hydrogen-bond donors (Lipinski definition) is 6. The molecule has 0 bridgehead atoms. The number of carbonyl (C=O) groups is 3. The van der Waals surface area contributed by atoms with Crippen molar-refractivity contribution in [2.45, 2.75) is 70.3 Å². The summed E-state index contributed by atoms with van der Waals surface area (Å²) in [7, 11) is 1.58. The fourth-order valence-corrected chi connectivity index (χ4v) is 4.69. The molecule has 1 saturated carbocycles. The molecule has 1 rings (SSSR count). The zero-order valence-corrected chi connectivity index (χ0v) is 17.7. The monoisotopic (exact) mass is 433 g/mol. The second kappa shape index (κ2) is 11.6. The molecule has 0 amide bonds. The van der Waals surface area contributed by atoms with Crippen LogP contribution in [-0.4, -0.2) is 91.4 Å². The fourth-order valence-electron chi connectivity index (χ4n) is 4.69. The van der Waals surface area contributed by atoms with Gasteiger partial charge in [-0.15, -0.1) is 0 Å². The first-order valence-electron chi connectivity index (χ1n) is 10.3. The van der Waals surface area contributed by atoms with Gasteiger partial charge in [-0.2, -0.15) is 0 Å². The number of hydrogen-bond acceptors (Lipinski definition) is 7. The number of aliphatic carboxylic acids is 3. The SMILES string of the molecule is CC(CCC(=O)O)C1C(O)C(C(C)CCC(=O)O)C(O)C(N(C)CCC(=O)O)C1O. The molecular formula is C20H35NO9. The normalized spacial score (nSPS) is 31.3. The van der Waals surface area contributed by atoms with Crippen molar-refractivity contribution in [3.63, 3.8) is 0 Å². The van der Waals surface area contributed by atoms with Crippen LogP contribution < -0.4 is 0 Å².